The Hall–Kier alpha value is -2.82. The Balaban J connectivity index is 1.16. The third kappa shape index (κ3) is 4.76. The number of anilines is 2. The molecular weight excluding hydrogens is 382 g/mol. The van der Waals surface area contributed by atoms with Crippen molar-refractivity contribution in [3.8, 4) is 0 Å². The minimum atomic E-state index is 0.00567. The van der Waals surface area contributed by atoms with Crippen molar-refractivity contribution in [1.29, 1.82) is 0 Å². The number of hydrogen-bond acceptors (Lipinski definition) is 4. The van der Waals surface area contributed by atoms with E-state index in [0.29, 0.717) is 6.10 Å². The normalized spacial score (nSPS) is 17.0. The lowest BCUT2D eigenvalue weighted by atomic mass is 10.00. The molecule has 0 amide bonds. The highest BCUT2D eigenvalue weighted by Crippen LogP contribution is 2.31. The van der Waals surface area contributed by atoms with Gasteiger partial charge in [0, 0.05) is 26.2 Å². The van der Waals surface area contributed by atoms with Crippen molar-refractivity contribution in [2.75, 3.05) is 43.1 Å². The Morgan fingerprint density at radius 3 is 2.06 bits per heavy atom. The fourth-order valence-electron chi connectivity index (χ4n) is 4.69. The van der Waals surface area contributed by atoms with Crippen LogP contribution in [0.1, 0.15) is 30.1 Å². The van der Waals surface area contributed by atoms with Gasteiger partial charge in [-0.3, -0.25) is 0 Å². The number of rotatable bonds is 7. The zero-order valence-corrected chi connectivity index (χ0v) is 18.0. The van der Waals surface area contributed by atoms with Crippen LogP contribution in [0, 0.1) is 0 Å². The average Bonchev–Trinajstić information content (AvgIpc) is 3.26. The molecule has 2 aliphatic heterocycles. The summed E-state index contributed by atoms with van der Waals surface area (Å²) in [5.74, 6) is 0. The Bertz CT molecular complexity index is 915. The lowest BCUT2D eigenvalue weighted by Gasteiger charge is -2.35. The highest BCUT2D eigenvalue weighted by Gasteiger charge is 2.25. The van der Waals surface area contributed by atoms with Crippen molar-refractivity contribution in [1.82, 2.24) is 4.90 Å². The van der Waals surface area contributed by atoms with Gasteiger partial charge in [-0.15, -0.1) is 0 Å². The number of hydrogen-bond donors (Lipinski definition) is 1. The third-order valence-electron chi connectivity index (χ3n) is 6.46. The molecule has 0 radical (unpaired) electrons. The number of ether oxygens (including phenoxy) is 1. The van der Waals surface area contributed by atoms with E-state index in [1.54, 1.807) is 0 Å². The fraction of sp³-hybridized carbons (Fsp3) is 0.333. The molecule has 1 N–H and O–H groups in total. The van der Waals surface area contributed by atoms with Crippen LogP contribution in [0.2, 0.25) is 0 Å². The number of likely N-dealkylation sites (tertiary alicyclic amines) is 1. The topological polar surface area (TPSA) is 27.7 Å². The van der Waals surface area contributed by atoms with Crippen LogP contribution in [0.15, 0.2) is 84.9 Å². The molecule has 0 unspecified atom stereocenters. The molecule has 3 aromatic carbocycles. The molecule has 1 saturated heterocycles. The number of benzene rings is 3. The van der Waals surface area contributed by atoms with Gasteiger partial charge in [-0.05, 0) is 36.1 Å². The lowest BCUT2D eigenvalue weighted by Crippen LogP contribution is -2.41. The van der Waals surface area contributed by atoms with E-state index in [4.69, 9.17) is 4.74 Å². The maximum atomic E-state index is 6.69. The van der Waals surface area contributed by atoms with Gasteiger partial charge < -0.3 is 19.9 Å². The van der Waals surface area contributed by atoms with Crippen molar-refractivity contribution in [3.05, 3.63) is 96.1 Å². The van der Waals surface area contributed by atoms with E-state index in [1.807, 2.05) is 0 Å². The first-order valence-corrected chi connectivity index (χ1v) is 11.4. The van der Waals surface area contributed by atoms with E-state index in [2.05, 4.69) is 100 Å². The molecule has 160 valence electrons. The molecule has 4 heteroatoms. The van der Waals surface area contributed by atoms with Crippen LogP contribution in [0.4, 0.5) is 11.4 Å². The molecule has 0 saturated carbocycles. The van der Waals surface area contributed by atoms with Gasteiger partial charge >= 0.3 is 0 Å². The SMILES string of the molecule is c1ccc(C(OC2CCN(CCN3CNc4ccccc43)CC2)c2ccccc2)cc1. The van der Waals surface area contributed by atoms with E-state index in [-0.39, 0.29) is 6.10 Å². The van der Waals surface area contributed by atoms with Gasteiger partial charge in [0.15, 0.2) is 0 Å². The molecule has 0 bridgehead atoms. The fourth-order valence-corrected chi connectivity index (χ4v) is 4.69. The summed E-state index contributed by atoms with van der Waals surface area (Å²) in [6.45, 7) is 5.28. The maximum Gasteiger partial charge on any atom is 0.108 e. The predicted molar refractivity (Wildman–Crippen MR) is 128 cm³/mol. The molecule has 2 heterocycles. The van der Waals surface area contributed by atoms with Crippen LogP contribution in [0.3, 0.4) is 0 Å². The molecule has 0 atom stereocenters. The lowest BCUT2D eigenvalue weighted by molar-refractivity contribution is -0.0265. The van der Waals surface area contributed by atoms with E-state index in [9.17, 15) is 0 Å². The average molecular weight is 414 g/mol. The minimum Gasteiger partial charge on any atom is -0.366 e. The van der Waals surface area contributed by atoms with Crippen LogP contribution >= 0.6 is 0 Å². The summed E-state index contributed by atoms with van der Waals surface area (Å²) in [6.07, 6.45) is 2.48. The summed E-state index contributed by atoms with van der Waals surface area (Å²) in [5, 5.41) is 3.49. The molecule has 5 rings (SSSR count). The van der Waals surface area contributed by atoms with Crippen LogP contribution in [0.5, 0.6) is 0 Å². The van der Waals surface area contributed by atoms with Crippen LogP contribution in [-0.2, 0) is 4.74 Å². The van der Waals surface area contributed by atoms with Crippen LogP contribution in [0.25, 0.3) is 0 Å². The van der Waals surface area contributed by atoms with Crippen molar-refractivity contribution in [2.45, 2.75) is 25.0 Å². The summed E-state index contributed by atoms with van der Waals surface area (Å²) in [6, 6.07) is 29.8. The van der Waals surface area contributed by atoms with Crippen molar-refractivity contribution in [2.24, 2.45) is 0 Å². The summed E-state index contributed by atoms with van der Waals surface area (Å²) in [7, 11) is 0. The molecule has 3 aromatic rings. The molecule has 0 aliphatic carbocycles. The van der Waals surface area contributed by atoms with E-state index >= 15 is 0 Å². The zero-order chi connectivity index (χ0) is 20.9. The van der Waals surface area contributed by atoms with E-state index < -0.39 is 0 Å². The highest BCUT2D eigenvalue weighted by atomic mass is 16.5. The first-order valence-electron chi connectivity index (χ1n) is 11.4. The Morgan fingerprint density at radius 1 is 0.774 bits per heavy atom. The Kier molecular flexibility index (Phi) is 6.19. The van der Waals surface area contributed by atoms with E-state index in [0.717, 1.165) is 45.7 Å². The monoisotopic (exact) mass is 413 g/mol. The predicted octanol–water partition coefficient (Wildman–Crippen LogP) is 5.15. The first-order chi connectivity index (χ1) is 15.4. The molecular formula is C27H31N3O. The summed E-state index contributed by atoms with van der Waals surface area (Å²) in [4.78, 5) is 5.03. The minimum absolute atomic E-state index is 0.00567. The summed E-state index contributed by atoms with van der Waals surface area (Å²) in [5.41, 5.74) is 5.05. The van der Waals surface area contributed by atoms with Gasteiger partial charge in [0.05, 0.1) is 24.1 Å². The van der Waals surface area contributed by atoms with Crippen molar-refractivity contribution >= 4 is 11.4 Å². The second-order valence-electron chi connectivity index (χ2n) is 8.49. The standard InChI is InChI=1S/C27H31N3O/c1-3-9-22(10-4-1)27(23-11-5-2-6-12-23)31-24-15-17-29(18-16-24)19-20-30-21-28-25-13-7-8-14-26(25)30/h1-14,24,27-28H,15-21H2. The molecule has 0 aromatic heterocycles. The maximum absolute atomic E-state index is 6.69. The van der Waals surface area contributed by atoms with Gasteiger partial charge in [-0.25, -0.2) is 0 Å². The molecule has 2 aliphatic rings. The van der Waals surface area contributed by atoms with Gasteiger partial charge in [0.2, 0.25) is 0 Å². The van der Waals surface area contributed by atoms with E-state index in [1.165, 1.54) is 22.5 Å². The molecule has 1 fully saturated rings. The molecule has 31 heavy (non-hydrogen) atoms. The number of piperidine rings is 1. The Labute approximate surface area is 185 Å². The summed E-state index contributed by atoms with van der Waals surface area (Å²) < 4.78 is 6.69. The van der Waals surface area contributed by atoms with Crippen LogP contribution < -0.4 is 10.2 Å². The van der Waals surface area contributed by atoms with Gasteiger partial charge in [0.25, 0.3) is 0 Å². The zero-order valence-electron chi connectivity index (χ0n) is 18.0. The number of nitrogens with one attached hydrogen (secondary N) is 1. The van der Waals surface area contributed by atoms with Gasteiger partial charge in [-0.1, -0.05) is 72.8 Å². The molecule has 4 nitrogen and oxygen atoms in total. The van der Waals surface area contributed by atoms with Crippen molar-refractivity contribution in [3.63, 3.8) is 0 Å². The number of fused-ring (bicyclic) bond motifs is 1. The largest absolute Gasteiger partial charge is 0.366 e. The number of para-hydroxylation sites is 2. The van der Waals surface area contributed by atoms with Crippen molar-refractivity contribution < 1.29 is 4.74 Å². The second-order valence-corrected chi connectivity index (χ2v) is 8.49. The van der Waals surface area contributed by atoms with Crippen LogP contribution in [-0.4, -0.2) is 43.9 Å². The third-order valence-corrected chi connectivity index (χ3v) is 6.46. The summed E-state index contributed by atoms with van der Waals surface area (Å²) >= 11 is 0. The number of nitrogens with zero attached hydrogens (tertiary/aromatic N) is 2. The second kappa shape index (κ2) is 9.54. The van der Waals surface area contributed by atoms with Gasteiger partial charge in [0.1, 0.15) is 6.10 Å². The first kappa shape index (κ1) is 20.1. The Morgan fingerprint density at radius 2 is 1.39 bits per heavy atom. The quantitative estimate of drug-likeness (QED) is 0.580. The van der Waals surface area contributed by atoms with Gasteiger partial charge in [-0.2, -0.15) is 0 Å². The smallest absolute Gasteiger partial charge is 0.108 e. The molecule has 0 spiro atoms. The highest BCUT2D eigenvalue weighted by molar-refractivity contribution is 5.74.